The standard InChI is InChI=1S/C24H18N2/c1-2-9-18(10-3-1)17-24-21-14-6-7-15-22(21)25-26(24)23-16-8-12-19-11-4-5-13-20(19)23/h1-16H,17H2. The predicted octanol–water partition coefficient (Wildman–Crippen LogP) is 5.77. The second kappa shape index (κ2) is 6.16. The van der Waals surface area contributed by atoms with E-state index in [1.807, 2.05) is 0 Å². The van der Waals surface area contributed by atoms with E-state index < -0.39 is 0 Å². The summed E-state index contributed by atoms with van der Waals surface area (Å²) < 4.78 is 2.12. The number of aromatic nitrogens is 2. The SMILES string of the molecule is c1ccc(Cc2c3ccccc3nn2-c2cccc3ccccc23)cc1. The second-order valence-corrected chi connectivity index (χ2v) is 6.54. The number of hydrogen-bond acceptors (Lipinski definition) is 1. The molecule has 124 valence electrons. The first-order chi connectivity index (χ1) is 12.9. The molecule has 0 aliphatic rings. The van der Waals surface area contributed by atoms with Gasteiger partial charge in [-0.2, -0.15) is 5.10 Å². The van der Waals surface area contributed by atoms with Crippen LogP contribution in [0.25, 0.3) is 27.4 Å². The number of fused-ring (bicyclic) bond motifs is 2. The van der Waals surface area contributed by atoms with Crippen molar-refractivity contribution in [2.45, 2.75) is 6.42 Å². The van der Waals surface area contributed by atoms with Crippen LogP contribution in [0.1, 0.15) is 11.3 Å². The van der Waals surface area contributed by atoms with Gasteiger partial charge in [0.1, 0.15) is 0 Å². The van der Waals surface area contributed by atoms with Crippen LogP contribution in [-0.4, -0.2) is 9.78 Å². The first-order valence-electron chi connectivity index (χ1n) is 8.89. The van der Waals surface area contributed by atoms with E-state index in [1.165, 1.54) is 27.4 Å². The van der Waals surface area contributed by atoms with E-state index in [1.54, 1.807) is 0 Å². The third-order valence-corrected chi connectivity index (χ3v) is 4.89. The number of rotatable bonds is 3. The van der Waals surface area contributed by atoms with Gasteiger partial charge >= 0.3 is 0 Å². The molecule has 0 unspecified atom stereocenters. The fourth-order valence-electron chi connectivity index (χ4n) is 3.64. The van der Waals surface area contributed by atoms with Gasteiger partial charge in [0.15, 0.2) is 0 Å². The lowest BCUT2D eigenvalue weighted by atomic mass is 10.1. The van der Waals surface area contributed by atoms with Gasteiger partial charge < -0.3 is 0 Å². The van der Waals surface area contributed by atoms with E-state index in [9.17, 15) is 0 Å². The molecule has 0 atom stereocenters. The second-order valence-electron chi connectivity index (χ2n) is 6.54. The van der Waals surface area contributed by atoms with Crippen molar-refractivity contribution in [1.29, 1.82) is 0 Å². The number of benzene rings is 4. The fourth-order valence-corrected chi connectivity index (χ4v) is 3.64. The average molecular weight is 334 g/mol. The van der Waals surface area contributed by atoms with E-state index in [0.717, 1.165) is 17.6 Å². The molecule has 0 amide bonds. The topological polar surface area (TPSA) is 17.8 Å². The van der Waals surface area contributed by atoms with Gasteiger partial charge in [0.2, 0.25) is 0 Å². The molecule has 2 nitrogen and oxygen atoms in total. The monoisotopic (exact) mass is 334 g/mol. The Morgan fingerprint density at radius 1 is 0.615 bits per heavy atom. The lowest BCUT2D eigenvalue weighted by Gasteiger charge is -2.11. The fraction of sp³-hybridized carbons (Fsp3) is 0.0417. The summed E-state index contributed by atoms with van der Waals surface area (Å²) in [5.74, 6) is 0. The molecule has 26 heavy (non-hydrogen) atoms. The minimum atomic E-state index is 0.852. The van der Waals surface area contributed by atoms with E-state index in [0.29, 0.717) is 0 Å². The number of hydrogen-bond donors (Lipinski definition) is 0. The van der Waals surface area contributed by atoms with Gasteiger partial charge in [-0.1, -0.05) is 84.9 Å². The highest BCUT2D eigenvalue weighted by Crippen LogP contribution is 2.28. The van der Waals surface area contributed by atoms with Gasteiger partial charge in [-0.25, -0.2) is 4.68 Å². The smallest absolute Gasteiger partial charge is 0.0930 e. The van der Waals surface area contributed by atoms with Gasteiger partial charge in [-0.05, 0) is 23.1 Å². The zero-order chi connectivity index (χ0) is 17.3. The third-order valence-electron chi connectivity index (χ3n) is 4.89. The van der Waals surface area contributed by atoms with Crippen molar-refractivity contribution in [3.05, 3.63) is 108 Å². The lowest BCUT2D eigenvalue weighted by molar-refractivity contribution is 0.842. The highest BCUT2D eigenvalue weighted by Gasteiger charge is 2.14. The molecule has 5 rings (SSSR count). The Balaban J connectivity index is 1.78. The Bertz CT molecular complexity index is 1200. The molecule has 0 saturated heterocycles. The van der Waals surface area contributed by atoms with Crippen molar-refractivity contribution in [1.82, 2.24) is 9.78 Å². The maximum absolute atomic E-state index is 4.95. The van der Waals surface area contributed by atoms with Crippen LogP contribution in [0.2, 0.25) is 0 Å². The minimum absolute atomic E-state index is 0.852. The Morgan fingerprint density at radius 3 is 2.19 bits per heavy atom. The normalized spacial score (nSPS) is 11.2. The van der Waals surface area contributed by atoms with Crippen LogP contribution in [0.4, 0.5) is 0 Å². The molecular formula is C24H18N2. The summed E-state index contributed by atoms with van der Waals surface area (Å²) in [6.45, 7) is 0. The highest BCUT2D eigenvalue weighted by molar-refractivity contribution is 5.91. The van der Waals surface area contributed by atoms with Crippen molar-refractivity contribution in [2.24, 2.45) is 0 Å². The summed E-state index contributed by atoms with van der Waals surface area (Å²) in [5.41, 5.74) is 4.68. The molecule has 1 heterocycles. The third kappa shape index (κ3) is 2.47. The number of nitrogens with zero attached hydrogens (tertiary/aromatic N) is 2. The minimum Gasteiger partial charge on any atom is -0.236 e. The van der Waals surface area contributed by atoms with Gasteiger partial charge in [0.05, 0.1) is 16.9 Å². The van der Waals surface area contributed by atoms with Crippen molar-refractivity contribution in [2.75, 3.05) is 0 Å². The molecule has 0 aliphatic carbocycles. The van der Waals surface area contributed by atoms with Crippen LogP contribution >= 0.6 is 0 Å². The van der Waals surface area contributed by atoms with E-state index in [-0.39, 0.29) is 0 Å². The maximum atomic E-state index is 4.95. The van der Waals surface area contributed by atoms with Crippen molar-refractivity contribution in [3.63, 3.8) is 0 Å². The molecule has 0 N–H and O–H groups in total. The average Bonchev–Trinajstić information content (AvgIpc) is 3.07. The summed E-state index contributed by atoms with van der Waals surface area (Å²) >= 11 is 0. The molecular weight excluding hydrogens is 316 g/mol. The van der Waals surface area contributed by atoms with Crippen LogP contribution in [0.3, 0.4) is 0 Å². The molecule has 5 aromatic rings. The Morgan fingerprint density at radius 2 is 1.31 bits per heavy atom. The summed E-state index contributed by atoms with van der Waals surface area (Å²) in [7, 11) is 0. The Kier molecular flexibility index (Phi) is 3.53. The van der Waals surface area contributed by atoms with Crippen LogP contribution in [0, 0.1) is 0 Å². The first kappa shape index (κ1) is 14.9. The van der Waals surface area contributed by atoms with Gasteiger partial charge in [0.25, 0.3) is 0 Å². The molecule has 1 aromatic heterocycles. The van der Waals surface area contributed by atoms with Crippen LogP contribution in [0.15, 0.2) is 97.1 Å². The quantitative estimate of drug-likeness (QED) is 0.409. The molecule has 0 bridgehead atoms. The summed E-state index contributed by atoms with van der Waals surface area (Å²) in [6, 6.07) is 33.9. The summed E-state index contributed by atoms with van der Waals surface area (Å²) in [5, 5.41) is 8.61. The van der Waals surface area contributed by atoms with Crippen LogP contribution < -0.4 is 0 Å². The molecule has 4 aromatic carbocycles. The molecule has 0 aliphatic heterocycles. The van der Waals surface area contributed by atoms with Gasteiger partial charge in [0, 0.05) is 17.2 Å². The zero-order valence-corrected chi connectivity index (χ0v) is 14.3. The van der Waals surface area contributed by atoms with E-state index in [4.69, 9.17) is 5.10 Å². The lowest BCUT2D eigenvalue weighted by Crippen LogP contribution is -2.04. The van der Waals surface area contributed by atoms with Crippen molar-refractivity contribution < 1.29 is 0 Å². The Hall–Kier alpha value is -3.39. The van der Waals surface area contributed by atoms with E-state index >= 15 is 0 Å². The molecule has 0 fully saturated rings. The largest absolute Gasteiger partial charge is 0.236 e. The van der Waals surface area contributed by atoms with Crippen molar-refractivity contribution >= 4 is 21.7 Å². The predicted molar refractivity (Wildman–Crippen MR) is 108 cm³/mol. The highest BCUT2D eigenvalue weighted by atomic mass is 15.3. The molecule has 2 heteroatoms. The Labute approximate surface area is 152 Å². The molecule has 0 spiro atoms. The van der Waals surface area contributed by atoms with E-state index in [2.05, 4.69) is 102 Å². The summed E-state index contributed by atoms with van der Waals surface area (Å²) in [6.07, 6.45) is 0.852. The molecule has 0 saturated carbocycles. The zero-order valence-electron chi connectivity index (χ0n) is 14.3. The van der Waals surface area contributed by atoms with Gasteiger partial charge in [-0.15, -0.1) is 0 Å². The van der Waals surface area contributed by atoms with Crippen LogP contribution in [0.5, 0.6) is 0 Å². The maximum Gasteiger partial charge on any atom is 0.0930 e. The molecule has 0 radical (unpaired) electrons. The van der Waals surface area contributed by atoms with Gasteiger partial charge in [-0.3, -0.25) is 0 Å². The van der Waals surface area contributed by atoms with Crippen LogP contribution in [-0.2, 0) is 6.42 Å². The first-order valence-corrected chi connectivity index (χ1v) is 8.89. The summed E-state index contributed by atoms with van der Waals surface area (Å²) in [4.78, 5) is 0. The van der Waals surface area contributed by atoms with Crippen molar-refractivity contribution in [3.8, 4) is 5.69 Å².